The van der Waals surface area contributed by atoms with E-state index < -0.39 is 0 Å². The van der Waals surface area contributed by atoms with Crippen molar-refractivity contribution >= 4 is 28.7 Å². The lowest BCUT2D eigenvalue weighted by Crippen LogP contribution is -2.24. The van der Waals surface area contributed by atoms with Gasteiger partial charge in [-0.2, -0.15) is 0 Å². The van der Waals surface area contributed by atoms with Crippen molar-refractivity contribution in [2.45, 2.75) is 45.6 Å². The minimum absolute atomic E-state index is 0.0617. The van der Waals surface area contributed by atoms with Gasteiger partial charge in [-0.25, -0.2) is 4.98 Å². The number of benzene rings is 3. The average Bonchev–Trinajstić information content (AvgIpc) is 3.49. The van der Waals surface area contributed by atoms with Gasteiger partial charge in [0.2, 0.25) is 5.91 Å². The Morgan fingerprint density at radius 1 is 1.03 bits per heavy atom. The molecule has 1 atom stereocenters. The molecular formula is C32H35N3O3. The number of hydrogen-bond donors (Lipinski definition) is 0. The second-order valence-corrected chi connectivity index (χ2v) is 9.82. The summed E-state index contributed by atoms with van der Waals surface area (Å²) in [6.45, 7) is 6.13. The van der Waals surface area contributed by atoms with Crippen LogP contribution in [0.15, 0.2) is 72.8 Å². The molecule has 0 spiro atoms. The Balaban J connectivity index is 1.27. The van der Waals surface area contributed by atoms with Gasteiger partial charge in [-0.3, -0.25) is 4.79 Å². The van der Waals surface area contributed by atoms with Gasteiger partial charge in [-0.15, -0.1) is 0 Å². The Morgan fingerprint density at radius 2 is 1.89 bits per heavy atom. The van der Waals surface area contributed by atoms with Crippen LogP contribution in [0.5, 0.6) is 11.5 Å². The maximum absolute atomic E-state index is 13.0. The van der Waals surface area contributed by atoms with E-state index in [1.165, 1.54) is 0 Å². The largest absolute Gasteiger partial charge is 0.493 e. The van der Waals surface area contributed by atoms with E-state index in [0.29, 0.717) is 19.6 Å². The van der Waals surface area contributed by atoms with Crippen LogP contribution in [0.2, 0.25) is 0 Å². The quantitative estimate of drug-likeness (QED) is 0.222. The van der Waals surface area contributed by atoms with E-state index in [-0.39, 0.29) is 11.8 Å². The summed E-state index contributed by atoms with van der Waals surface area (Å²) in [5.74, 6) is 2.72. The number of aromatic nitrogens is 2. The molecule has 1 aromatic heterocycles. The van der Waals surface area contributed by atoms with Crippen molar-refractivity contribution in [1.82, 2.24) is 9.55 Å². The first-order valence-electron chi connectivity index (χ1n) is 13.3. The fourth-order valence-corrected chi connectivity index (χ4v) is 5.22. The highest BCUT2D eigenvalue weighted by molar-refractivity contribution is 5.96. The number of aryl methyl sites for hydroxylation is 2. The van der Waals surface area contributed by atoms with E-state index >= 15 is 0 Å². The number of nitrogens with zero attached hydrogens (tertiary/aromatic N) is 3. The molecule has 38 heavy (non-hydrogen) atoms. The standard InChI is InChI=1S/C32H35N3O3/c1-4-10-24-15-16-29(30(20-24)37-3)38-18-8-7-17-34-28-14-6-5-13-27(28)33-32(34)25-21-31(36)35(22-25)26-12-9-11-23(2)19-26/h4-6,9-16,19-20,25H,7-8,17-18,21-22H2,1-3H3/b10-4+. The Hall–Kier alpha value is -4.06. The van der Waals surface area contributed by atoms with E-state index in [0.717, 1.165) is 64.6 Å². The molecule has 196 valence electrons. The molecule has 1 aliphatic rings. The number of rotatable bonds is 10. The second kappa shape index (κ2) is 11.5. The van der Waals surface area contributed by atoms with E-state index in [4.69, 9.17) is 14.5 Å². The maximum atomic E-state index is 13.0. The molecule has 1 saturated heterocycles. The van der Waals surface area contributed by atoms with Gasteiger partial charge >= 0.3 is 0 Å². The first kappa shape index (κ1) is 25.6. The van der Waals surface area contributed by atoms with Crippen LogP contribution in [-0.2, 0) is 11.3 Å². The lowest BCUT2D eigenvalue weighted by Gasteiger charge is -2.18. The molecule has 4 aromatic rings. The van der Waals surface area contributed by atoms with Crippen LogP contribution in [0.4, 0.5) is 5.69 Å². The molecular weight excluding hydrogens is 474 g/mol. The number of carbonyl (C=O) groups is 1. The molecule has 1 amide bonds. The smallest absolute Gasteiger partial charge is 0.227 e. The van der Waals surface area contributed by atoms with Crippen LogP contribution < -0.4 is 14.4 Å². The summed E-state index contributed by atoms with van der Waals surface area (Å²) in [7, 11) is 1.67. The summed E-state index contributed by atoms with van der Waals surface area (Å²) in [5.41, 5.74) is 5.30. The number of anilines is 1. The number of imidazole rings is 1. The average molecular weight is 510 g/mol. The zero-order chi connectivity index (χ0) is 26.5. The Morgan fingerprint density at radius 3 is 2.71 bits per heavy atom. The first-order valence-corrected chi connectivity index (χ1v) is 13.3. The number of ether oxygens (including phenoxy) is 2. The molecule has 1 unspecified atom stereocenters. The summed E-state index contributed by atoms with van der Waals surface area (Å²) in [6.07, 6.45) is 6.35. The highest BCUT2D eigenvalue weighted by Gasteiger charge is 2.34. The number of allylic oxidation sites excluding steroid dienone is 1. The fourth-order valence-electron chi connectivity index (χ4n) is 5.22. The number of carbonyl (C=O) groups excluding carboxylic acids is 1. The maximum Gasteiger partial charge on any atom is 0.227 e. The number of fused-ring (bicyclic) bond motifs is 1. The van der Waals surface area contributed by atoms with Crippen molar-refractivity contribution in [3.8, 4) is 11.5 Å². The number of methoxy groups -OCH3 is 1. The second-order valence-electron chi connectivity index (χ2n) is 9.82. The van der Waals surface area contributed by atoms with Crippen molar-refractivity contribution in [2.75, 3.05) is 25.2 Å². The minimum Gasteiger partial charge on any atom is -0.493 e. The van der Waals surface area contributed by atoms with Gasteiger partial charge in [0.15, 0.2) is 11.5 Å². The molecule has 0 radical (unpaired) electrons. The Bertz CT molecular complexity index is 1460. The molecule has 0 bridgehead atoms. The highest BCUT2D eigenvalue weighted by Crippen LogP contribution is 2.34. The van der Waals surface area contributed by atoms with Gasteiger partial charge in [0, 0.05) is 31.1 Å². The number of hydrogen-bond acceptors (Lipinski definition) is 4. The number of para-hydroxylation sites is 2. The SMILES string of the molecule is C/C=C/c1ccc(OCCCCn2c(C3CC(=O)N(c4cccc(C)c4)C3)nc3ccccc32)c(OC)c1. The molecule has 5 rings (SSSR count). The van der Waals surface area contributed by atoms with Crippen LogP contribution >= 0.6 is 0 Å². The van der Waals surface area contributed by atoms with E-state index in [2.05, 4.69) is 41.8 Å². The van der Waals surface area contributed by atoms with Crippen molar-refractivity contribution in [1.29, 1.82) is 0 Å². The van der Waals surface area contributed by atoms with Crippen molar-refractivity contribution in [3.05, 3.63) is 89.8 Å². The molecule has 6 nitrogen and oxygen atoms in total. The van der Waals surface area contributed by atoms with E-state index in [1.54, 1.807) is 7.11 Å². The number of amides is 1. The third-order valence-corrected chi connectivity index (χ3v) is 7.07. The lowest BCUT2D eigenvalue weighted by atomic mass is 10.1. The summed E-state index contributed by atoms with van der Waals surface area (Å²) < 4.78 is 13.9. The summed E-state index contributed by atoms with van der Waals surface area (Å²) in [5, 5.41) is 0. The third kappa shape index (κ3) is 5.44. The van der Waals surface area contributed by atoms with E-state index in [1.807, 2.05) is 60.4 Å². The molecule has 1 aliphatic heterocycles. The van der Waals surface area contributed by atoms with Gasteiger partial charge in [0.05, 0.1) is 24.8 Å². The summed E-state index contributed by atoms with van der Waals surface area (Å²) >= 11 is 0. The molecule has 0 N–H and O–H groups in total. The molecule has 6 heteroatoms. The summed E-state index contributed by atoms with van der Waals surface area (Å²) in [6, 6.07) is 22.4. The molecule has 2 heterocycles. The third-order valence-electron chi connectivity index (χ3n) is 7.07. The molecule has 1 fully saturated rings. The molecule has 0 aliphatic carbocycles. The van der Waals surface area contributed by atoms with Gasteiger partial charge in [-0.05, 0) is 74.2 Å². The Labute approximate surface area is 224 Å². The zero-order valence-electron chi connectivity index (χ0n) is 22.4. The van der Waals surface area contributed by atoms with Crippen LogP contribution in [0.3, 0.4) is 0 Å². The first-order chi connectivity index (χ1) is 18.6. The van der Waals surface area contributed by atoms with Gasteiger partial charge < -0.3 is 18.9 Å². The zero-order valence-corrected chi connectivity index (χ0v) is 22.4. The van der Waals surface area contributed by atoms with Crippen molar-refractivity contribution in [2.24, 2.45) is 0 Å². The molecule has 3 aromatic carbocycles. The summed E-state index contributed by atoms with van der Waals surface area (Å²) in [4.78, 5) is 19.9. The van der Waals surface area contributed by atoms with Gasteiger partial charge in [0.1, 0.15) is 5.82 Å². The van der Waals surface area contributed by atoms with Crippen LogP contribution in [0.25, 0.3) is 17.1 Å². The van der Waals surface area contributed by atoms with Crippen molar-refractivity contribution in [3.63, 3.8) is 0 Å². The molecule has 0 saturated carbocycles. The van der Waals surface area contributed by atoms with Crippen LogP contribution in [0, 0.1) is 6.92 Å². The Kier molecular flexibility index (Phi) is 7.78. The monoisotopic (exact) mass is 509 g/mol. The predicted molar refractivity (Wildman–Crippen MR) is 153 cm³/mol. The normalized spacial score (nSPS) is 15.6. The topological polar surface area (TPSA) is 56.6 Å². The van der Waals surface area contributed by atoms with Crippen LogP contribution in [-0.4, -0.2) is 35.7 Å². The lowest BCUT2D eigenvalue weighted by molar-refractivity contribution is -0.117. The predicted octanol–water partition coefficient (Wildman–Crippen LogP) is 6.77. The van der Waals surface area contributed by atoms with Crippen LogP contribution in [0.1, 0.15) is 49.1 Å². The van der Waals surface area contributed by atoms with Gasteiger partial charge in [0.25, 0.3) is 0 Å². The highest BCUT2D eigenvalue weighted by atomic mass is 16.5. The van der Waals surface area contributed by atoms with E-state index in [9.17, 15) is 4.79 Å². The minimum atomic E-state index is 0.0617. The number of unbranched alkanes of at least 4 members (excludes halogenated alkanes) is 1. The van der Waals surface area contributed by atoms with Gasteiger partial charge in [-0.1, -0.05) is 42.5 Å². The van der Waals surface area contributed by atoms with Crippen molar-refractivity contribution < 1.29 is 14.3 Å². The fraction of sp³-hybridized carbons (Fsp3) is 0.312.